The molecule has 0 aliphatic rings. The lowest BCUT2D eigenvalue weighted by Crippen LogP contribution is -2.08. The third-order valence-electron chi connectivity index (χ3n) is 0.467. The zero-order chi connectivity index (χ0) is 5.54. The van der Waals surface area contributed by atoms with Crippen LogP contribution in [0.3, 0.4) is 0 Å². The van der Waals surface area contributed by atoms with E-state index in [0.717, 1.165) is 6.34 Å². The highest BCUT2D eigenvalue weighted by molar-refractivity contribution is 5.54. The summed E-state index contributed by atoms with van der Waals surface area (Å²) < 4.78 is 0. The van der Waals surface area contributed by atoms with Gasteiger partial charge in [-0.1, -0.05) is 0 Å². The number of aliphatic imine (C=N–C) groups is 1. The summed E-state index contributed by atoms with van der Waals surface area (Å²) in [5, 5.41) is 9.06. The molecule has 0 atom stereocenters. The highest BCUT2D eigenvalue weighted by atomic mass is 15.0. The molecule has 0 heterocycles. The Labute approximate surface area is 43.0 Å². The maximum absolute atomic E-state index is 6.47. The first-order valence-corrected chi connectivity index (χ1v) is 2.08. The van der Waals surface area contributed by atoms with Crippen molar-refractivity contribution >= 4 is 12.6 Å². The van der Waals surface area contributed by atoms with E-state index in [4.69, 9.17) is 5.41 Å². The molecule has 0 rings (SSSR count). The van der Waals surface area contributed by atoms with Crippen LogP contribution in [0.15, 0.2) is 4.99 Å². The average molecular weight is 99.1 g/mol. The van der Waals surface area contributed by atoms with Crippen molar-refractivity contribution in [1.82, 2.24) is 5.32 Å². The highest BCUT2D eigenvalue weighted by Crippen LogP contribution is 1.54. The average Bonchev–Trinajstić information content (AvgIpc) is 1.69. The van der Waals surface area contributed by atoms with E-state index < -0.39 is 0 Å². The SMILES string of the molecule is CC=NCNC=N. The van der Waals surface area contributed by atoms with E-state index in [-0.39, 0.29) is 0 Å². The summed E-state index contributed by atoms with van der Waals surface area (Å²) in [5.41, 5.74) is 0. The smallest absolute Gasteiger partial charge is 0.107 e. The van der Waals surface area contributed by atoms with Crippen molar-refractivity contribution in [3.8, 4) is 0 Å². The predicted molar refractivity (Wildman–Crippen MR) is 31.0 cm³/mol. The summed E-state index contributed by atoms with van der Waals surface area (Å²) >= 11 is 0. The Bertz CT molecular complexity index is 67.3. The van der Waals surface area contributed by atoms with Crippen LogP contribution in [0.2, 0.25) is 0 Å². The van der Waals surface area contributed by atoms with Crippen molar-refractivity contribution in [3.05, 3.63) is 0 Å². The molecule has 0 saturated heterocycles. The normalized spacial score (nSPS) is 9.29. The second-order valence-electron chi connectivity index (χ2n) is 0.947. The Morgan fingerprint density at radius 2 is 2.57 bits per heavy atom. The fourth-order valence-electron chi connectivity index (χ4n) is 0.190. The van der Waals surface area contributed by atoms with Gasteiger partial charge in [-0.2, -0.15) is 0 Å². The van der Waals surface area contributed by atoms with Gasteiger partial charge in [-0.05, 0) is 13.1 Å². The molecule has 0 aromatic carbocycles. The van der Waals surface area contributed by atoms with Gasteiger partial charge >= 0.3 is 0 Å². The molecule has 3 heteroatoms. The second-order valence-corrected chi connectivity index (χ2v) is 0.947. The molecule has 0 unspecified atom stereocenters. The predicted octanol–water partition coefficient (Wildman–Crippen LogP) is 0.231. The number of nitrogens with one attached hydrogen (secondary N) is 2. The zero-order valence-electron chi connectivity index (χ0n) is 4.31. The fraction of sp³-hybridized carbons (Fsp3) is 0.500. The maximum Gasteiger partial charge on any atom is 0.107 e. The quantitative estimate of drug-likeness (QED) is 0.297. The molecule has 0 saturated carbocycles. The van der Waals surface area contributed by atoms with Crippen LogP contribution in [0.5, 0.6) is 0 Å². The lowest BCUT2D eigenvalue weighted by atomic mass is 10.9. The van der Waals surface area contributed by atoms with Crippen LogP contribution in [0.25, 0.3) is 0 Å². The topological polar surface area (TPSA) is 48.2 Å². The van der Waals surface area contributed by atoms with Gasteiger partial charge in [0.15, 0.2) is 0 Å². The van der Waals surface area contributed by atoms with Crippen LogP contribution in [-0.4, -0.2) is 19.2 Å². The van der Waals surface area contributed by atoms with E-state index in [0.29, 0.717) is 6.67 Å². The summed E-state index contributed by atoms with van der Waals surface area (Å²) in [7, 11) is 0. The molecule has 0 amide bonds. The number of hydrogen-bond acceptors (Lipinski definition) is 2. The molecule has 0 radical (unpaired) electrons. The largest absolute Gasteiger partial charge is 0.358 e. The molecular formula is C4H9N3. The van der Waals surface area contributed by atoms with Gasteiger partial charge in [0.1, 0.15) is 6.67 Å². The third-order valence-corrected chi connectivity index (χ3v) is 0.467. The first-order chi connectivity index (χ1) is 3.41. The summed E-state index contributed by atoms with van der Waals surface area (Å²) in [6, 6.07) is 0. The molecule has 0 bridgehead atoms. The minimum Gasteiger partial charge on any atom is -0.358 e. The van der Waals surface area contributed by atoms with Gasteiger partial charge in [0, 0.05) is 0 Å². The summed E-state index contributed by atoms with van der Waals surface area (Å²) in [5.74, 6) is 0. The number of nitrogens with zero attached hydrogens (tertiary/aromatic N) is 1. The van der Waals surface area contributed by atoms with Crippen LogP contribution in [0.4, 0.5) is 0 Å². The van der Waals surface area contributed by atoms with Gasteiger partial charge in [0.2, 0.25) is 0 Å². The molecule has 7 heavy (non-hydrogen) atoms. The number of hydrogen-bond donors (Lipinski definition) is 2. The van der Waals surface area contributed by atoms with Gasteiger partial charge in [-0.3, -0.25) is 10.4 Å². The van der Waals surface area contributed by atoms with Crippen molar-refractivity contribution in [2.75, 3.05) is 6.67 Å². The first-order valence-electron chi connectivity index (χ1n) is 2.08. The second kappa shape index (κ2) is 5.14. The Morgan fingerprint density at radius 3 is 3.00 bits per heavy atom. The molecule has 0 aliphatic heterocycles. The Balaban J connectivity index is 2.82. The first kappa shape index (κ1) is 6.14. The fourth-order valence-corrected chi connectivity index (χ4v) is 0.190. The van der Waals surface area contributed by atoms with Crippen LogP contribution >= 0.6 is 0 Å². The van der Waals surface area contributed by atoms with E-state index in [1.54, 1.807) is 6.21 Å². The molecule has 0 aromatic heterocycles. The molecule has 3 nitrogen and oxygen atoms in total. The van der Waals surface area contributed by atoms with Crippen LogP contribution < -0.4 is 5.32 Å². The summed E-state index contributed by atoms with van der Waals surface area (Å²) in [6.45, 7) is 2.35. The highest BCUT2D eigenvalue weighted by Gasteiger charge is 1.64. The molecule has 0 aliphatic carbocycles. The van der Waals surface area contributed by atoms with Gasteiger partial charge in [-0.25, -0.2) is 0 Å². The maximum atomic E-state index is 6.47. The Hall–Kier alpha value is -0.860. The van der Waals surface area contributed by atoms with E-state index >= 15 is 0 Å². The standard InChI is InChI=1S/C4H9N3/c1-2-6-4-7-3-5/h2-3H,4H2,1H3,(H2,5,7). The van der Waals surface area contributed by atoms with Crippen molar-refractivity contribution in [2.45, 2.75) is 6.92 Å². The lowest BCUT2D eigenvalue weighted by molar-refractivity contribution is 0.944. The van der Waals surface area contributed by atoms with E-state index in [2.05, 4.69) is 10.3 Å². The van der Waals surface area contributed by atoms with Crippen LogP contribution in [-0.2, 0) is 0 Å². The molecular weight excluding hydrogens is 90.1 g/mol. The molecule has 2 N–H and O–H groups in total. The van der Waals surface area contributed by atoms with Crippen molar-refractivity contribution in [3.63, 3.8) is 0 Å². The van der Waals surface area contributed by atoms with Gasteiger partial charge in [0.05, 0.1) is 6.34 Å². The minimum absolute atomic E-state index is 0.514. The van der Waals surface area contributed by atoms with E-state index in [9.17, 15) is 0 Å². The molecule has 0 fully saturated rings. The van der Waals surface area contributed by atoms with Crippen molar-refractivity contribution < 1.29 is 0 Å². The Kier molecular flexibility index (Phi) is 4.51. The van der Waals surface area contributed by atoms with Crippen LogP contribution in [0.1, 0.15) is 6.92 Å². The summed E-state index contributed by atoms with van der Waals surface area (Å²) in [6.07, 6.45) is 2.81. The third kappa shape index (κ3) is 5.14. The van der Waals surface area contributed by atoms with Crippen molar-refractivity contribution in [1.29, 1.82) is 5.41 Å². The zero-order valence-corrected chi connectivity index (χ0v) is 4.31. The van der Waals surface area contributed by atoms with Crippen molar-refractivity contribution in [2.24, 2.45) is 4.99 Å². The van der Waals surface area contributed by atoms with E-state index in [1.807, 2.05) is 6.92 Å². The van der Waals surface area contributed by atoms with E-state index in [1.165, 1.54) is 0 Å². The summed E-state index contributed by atoms with van der Waals surface area (Å²) in [4.78, 5) is 3.77. The monoisotopic (exact) mass is 99.1 g/mol. The molecule has 40 valence electrons. The van der Waals surface area contributed by atoms with Gasteiger partial charge < -0.3 is 5.32 Å². The van der Waals surface area contributed by atoms with Gasteiger partial charge in [0.25, 0.3) is 0 Å². The van der Waals surface area contributed by atoms with Crippen LogP contribution in [0, 0.1) is 5.41 Å². The number of rotatable bonds is 3. The Morgan fingerprint density at radius 1 is 1.86 bits per heavy atom. The minimum atomic E-state index is 0.514. The lowest BCUT2D eigenvalue weighted by Gasteiger charge is -1.86. The molecule has 0 aromatic rings. The van der Waals surface area contributed by atoms with Gasteiger partial charge in [-0.15, -0.1) is 0 Å². The molecule has 0 spiro atoms.